The largest absolute Gasteiger partial charge is 0.451 e. The fraction of sp³-hybridized carbons (Fsp3) is 0.125. The third-order valence-electron chi connectivity index (χ3n) is 4.84. The van der Waals surface area contributed by atoms with Crippen LogP contribution in [-0.2, 0) is 13.0 Å². The average Bonchev–Trinajstić information content (AvgIpc) is 2.78. The van der Waals surface area contributed by atoms with Crippen molar-refractivity contribution in [2.75, 3.05) is 4.90 Å². The van der Waals surface area contributed by atoms with Crippen LogP contribution in [0.1, 0.15) is 28.6 Å². The molecule has 2 aromatic carbocycles. The summed E-state index contributed by atoms with van der Waals surface area (Å²) in [6.45, 7) is 2.38. The summed E-state index contributed by atoms with van der Waals surface area (Å²) in [5.74, 6) is -0.0196. The third-order valence-corrected chi connectivity index (χ3v) is 5.08. The molecule has 0 fully saturated rings. The zero-order valence-electron chi connectivity index (χ0n) is 16.3. The second-order valence-electron chi connectivity index (χ2n) is 6.86. The van der Waals surface area contributed by atoms with E-state index in [1.807, 2.05) is 24.3 Å². The van der Waals surface area contributed by atoms with Gasteiger partial charge in [-0.1, -0.05) is 48.9 Å². The van der Waals surface area contributed by atoms with Gasteiger partial charge in [-0.05, 0) is 47.9 Å². The zero-order valence-corrected chi connectivity index (χ0v) is 17.1. The van der Waals surface area contributed by atoms with Crippen molar-refractivity contribution in [3.63, 3.8) is 0 Å². The van der Waals surface area contributed by atoms with Gasteiger partial charge in [0, 0.05) is 17.3 Å². The Hall–Kier alpha value is -3.44. The Morgan fingerprint density at radius 1 is 1.03 bits per heavy atom. The summed E-state index contributed by atoms with van der Waals surface area (Å²) < 4.78 is 5.76. The number of pyridine rings is 1. The summed E-state index contributed by atoms with van der Waals surface area (Å²) in [5, 5.41) is 0.762. The summed E-state index contributed by atoms with van der Waals surface area (Å²) in [6.07, 6.45) is 2.56. The number of benzene rings is 2. The summed E-state index contributed by atoms with van der Waals surface area (Å²) >= 11 is 5.97. The normalized spacial score (nSPS) is 10.9. The molecule has 2 aromatic heterocycles. The van der Waals surface area contributed by atoms with Crippen molar-refractivity contribution in [1.29, 1.82) is 0 Å². The van der Waals surface area contributed by atoms with Crippen LogP contribution >= 0.6 is 11.6 Å². The Morgan fingerprint density at radius 2 is 1.80 bits per heavy atom. The van der Waals surface area contributed by atoms with Crippen molar-refractivity contribution in [1.82, 2.24) is 4.98 Å². The molecule has 0 N–H and O–H groups in total. The smallest absolute Gasteiger partial charge is 0.295 e. The van der Waals surface area contributed by atoms with Gasteiger partial charge in [0.2, 0.25) is 0 Å². The molecule has 0 unspecified atom stereocenters. The summed E-state index contributed by atoms with van der Waals surface area (Å²) in [5.41, 5.74) is 2.15. The van der Waals surface area contributed by atoms with Gasteiger partial charge < -0.3 is 4.42 Å². The van der Waals surface area contributed by atoms with E-state index in [1.165, 1.54) is 22.6 Å². The number of amides is 1. The summed E-state index contributed by atoms with van der Waals surface area (Å²) in [6, 6.07) is 19.3. The number of carbonyl (C=O) groups excluding carboxylic acids is 1. The van der Waals surface area contributed by atoms with Crippen molar-refractivity contribution >= 4 is 34.3 Å². The molecule has 0 saturated heterocycles. The molecule has 0 spiro atoms. The number of carbonyl (C=O) groups is 1. The molecule has 150 valence electrons. The van der Waals surface area contributed by atoms with Crippen molar-refractivity contribution in [2.24, 2.45) is 0 Å². The summed E-state index contributed by atoms with van der Waals surface area (Å²) in [4.78, 5) is 31.7. The number of rotatable bonds is 5. The van der Waals surface area contributed by atoms with Crippen molar-refractivity contribution < 1.29 is 9.21 Å². The lowest BCUT2D eigenvalue weighted by molar-refractivity contribution is 0.0958. The Labute approximate surface area is 178 Å². The minimum Gasteiger partial charge on any atom is -0.451 e. The molecule has 4 rings (SSSR count). The molecule has 2 heterocycles. The van der Waals surface area contributed by atoms with Crippen LogP contribution in [0, 0.1) is 0 Å². The molecule has 6 heteroatoms. The fourth-order valence-corrected chi connectivity index (χ4v) is 3.37. The highest BCUT2D eigenvalue weighted by Crippen LogP contribution is 2.21. The van der Waals surface area contributed by atoms with Crippen molar-refractivity contribution in [3.8, 4) is 0 Å². The molecule has 0 saturated carbocycles. The maximum Gasteiger partial charge on any atom is 0.295 e. The van der Waals surface area contributed by atoms with Crippen LogP contribution in [0.15, 0.2) is 82.1 Å². The number of nitrogens with zero attached hydrogens (tertiary/aromatic N) is 2. The average molecular weight is 419 g/mol. The number of aryl methyl sites for hydroxylation is 1. The maximum absolute atomic E-state index is 13.4. The highest BCUT2D eigenvalue weighted by molar-refractivity contribution is 6.31. The Morgan fingerprint density at radius 3 is 2.50 bits per heavy atom. The van der Waals surface area contributed by atoms with E-state index < -0.39 is 5.91 Å². The quantitative estimate of drug-likeness (QED) is 0.444. The number of hydrogen-bond acceptors (Lipinski definition) is 4. The first-order valence-corrected chi connectivity index (χ1v) is 9.97. The van der Waals surface area contributed by atoms with Crippen LogP contribution in [0.4, 0.5) is 5.82 Å². The molecule has 0 bridgehead atoms. The predicted octanol–water partition coefficient (Wildman–Crippen LogP) is 5.25. The van der Waals surface area contributed by atoms with E-state index in [-0.39, 0.29) is 11.2 Å². The number of aromatic nitrogens is 1. The van der Waals surface area contributed by atoms with Crippen LogP contribution in [0.25, 0.3) is 11.0 Å². The molecule has 0 aliphatic heterocycles. The van der Waals surface area contributed by atoms with Crippen LogP contribution in [-0.4, -0.2) is 10.9 Å². The van der Waals surface area contributed by atoms with E-state index in [0.29, 0.717) is 28.4 Å². The van der Waals surface area contributed by atoms with Crippen molar-refractivity contribution in [2.45, 2.75) is 19.9 Å². The molecule has 1 amide bonds. The first-order valence-electron chi connectivity index (χ1n) is 9.59. The molecular formula is C24H19ClN2O3. The second-order valence-corrected chi connectivity index (χ2v) is 7.30. The van der Waals surface area contributed by atoms with Gasteiger partial charge in [-0.3, -0.25) is 14.5 Å². The lowest BCUT2D eigenvalue weighted by Crippen LogP contribution is -2.31. The van der Waals surface area contributed by atoms with Gasteiger partial charge in [0.25, 0.3) is 5.91 Å². The Bertz CT molecular complexity index is 1250. The van der Waals surface area contributed by atoms with E-state index in [9.17, 15) is 9.59 Å². The van der Waals surface area contributed by atoms with E-state index in [2.05, 4.69) is 11.9 Å². The van der Waals surface area contributed by atoms with Gasteiger partial charge >= 0.3 is 0 Å². The van der Waals surface area contributed by atoms with Crippen LogP contribution in [0.3, 0.4) is 0 Å². The minimum atomic E-state index is -0.442. The monoisotopic (exact) mass is 418 g/mol. The highest BCUT2D eigenvalue weighted by atomic mass is 35.5. The number of hydrogen-bond donors (Lipinski definition) is 0. The van der Waals surface area contributed by atoms with Crippen LogP contribution in [0.5, 0.6) is 0 Å². The first-order chi connectivity index (χ1) is 14.5. The second kappa shape index (κ2) is 8.51. The van der Waals surface area contributed by atoms with Gasteiger partial charge in [0.15, 0.2) is 11.2 Å². The topological polar surface area (TPSA) is 63.4 Å². The molecular weight excluding hydrogens is 400 g/mol. The number of halogens is 1. The van der Waals surface area contributed by atoms with Gasteiger partial charge in [-0.15, -0.1) is 0 Å². The summed E-state index contributed by atoms with van der Waals surface area (Å²) in [7, 11) is 0. The standard InChI is InChI=1S/C24H19ClN2O3/c1-2-16-6-8-17(9-7-16)15-27(23-5-3-4-12-26-23)24(29)22-14-20(28)19-13-18(25)10-11-21(19)30-22/h3-14H,2,15H2,1H3. The molecule has 0 radical (unpaired) electrons. The predicted molar refractivity (Wildman–Crippen MR) is 118 cm³/mol. The van der Waals surface area contributed by atoms with E-state index in [1.54, 1.807) is 36.5 Å². The highest BCUT2D eigenvalue weighted by Gasteiger charge is 2.22. The molecule has 4 aromatic rings. The van der Waals surface area contributed by atoms with Crippen LogP contribution in [0.2, 0.25) is 5.02 Å². The fourth-order valence-electron chi connectivity index (χ4n) is 3.20. The first kappa shape index (κ1) is 19.9. The van der Waals surface area contributed by atoms with Gasteiger partial charge in [-0.25, -0.2) is 4.98 Å². The Kier molecular flexibility index (Phi) is 5.63. The van der Waals surface area contributed by atoms with E-state index >= 15 is 0 Å². The number of anilines is 1. The van der Waals surface area contributed by atoms with E-state index in [4.69, 9.17) is 16.0 Å². The van der Waals surface area contributed by atoms with Gasteiger partial charge in [0.05, 0.1) is 11.9 Å². The van der Waals surface area contributed by atoms with Crippen LogP contribution < -0.4 is 10.3 Å². The lowest BCUT2D eigenvalue weighted by atomic mass is 10.1. The van der Waals surface area contributed by atoms with Crippen molar-refractivity contribution in [3.05, 3.63) is 105 Å². The van der Waals surface area contributed by atoms with E-state index in [0.717, 1.165) is 12.0 Å². The van der Waals surface area contributed by atoms with Gasteiger partial charge in [0.1, 0.15) is 11.4 Å². The maximum atomic E-state index is 13.4. The number of fused-ring (bicyclic) bond motifs is 1. The Balaban J connectivity index is 1.74. The molecule has 5 nitrogen and oxygen atoms in total. The zero-order chi connectivity index (χ0) is 21.1. The molecule has 0 aliphatic carbocycles. The third kappa shape index (κ3) is 4.11. The molecule has 30 heavy (non-hydrogen) atoms. The molecule has 0 aliphatic rings. The molecule has 0 atom stereocenters. The van der Waals surface area contributed by atoms with Gasteiger partial charge in [-0.2, -0.15) is 0 Å². The minimum absolute atomic E-state index is 0.0503. The SMILES string of the molecule is CCc1ccc(CN(C(=O)c2cc(=O)c3cc(Cl)ccc3o2)c2ccccn2)cc1. The lowest BCUT2D eigenvalue weighted by Gasteiger charge is -2.21.